The van der Waals surface area contributed by atoms with Gasteiger partial charge < -0.3 is 9.84 Å². The van der Waals surface area contributed by atoms with Crippen molar-refractivity contribution in [2.75, 3.05) is 7.11 Å². The zero-order chi connectivity index (χ0) is 16.2. The lowest BCUT2D eigenvalue weighted by Gasteiger charge is -2.08. The number of hydrogen-bond acceptors (Lipinski definition) is 4. The predicted molar refractivity (Wildman–Crippen MR) is 84.1 cm³/mol. The molecule has 6 heteroatoms. The van der Waals surface area contributed by atoms with E-state index in [2.05, 4.69) is 10.3 Å². The highest BCUT2D eigenvalue weighted by Crippen LogP contribution is 2.20. The van der Waals surface area contributed by atoms with Gasteiger partial charge in [-0.2, -0.15) is 0 Å². The molecule has 0 saturated heterocycles. The summed E-state index contributed by atoms with van der Waals surface area (Å²) in [6.45, 7) is 0. The zero-order valence-electron chi connectivity index (χ0n) is 12.5. The lowest BCUT2D eigenvalue weighted by molar-refractivity contribution is 0.0689. The molecule has 1 N–H and O–H groups in total. The quantitative estimate of drug-likeness (QED) is 0.784. The number of carboxylic acid groups (broad SMARTS) is 1. The summed E-state index contributed by atoms with van der Waals surface area (Å²) in [5.41, 5.74) is 2.17. The molecule has 0 atom stereocenters. The molecule has 0 amide bonds. The molecule has 0 unspecified atom stereocenters. The van der Waals surface area contributed by atoms with Crippen LogP contribution in [0.2, 0.25) is 0 Å². The Bertz CT molecular complexity index is 828. The highest BCUT2D eigenvalue weighted by molar-refractivity contribution is 5.86. The monoisotopic (exact) mass is 309 g/mol. The van der Waals surface area contributed by atoms with Crippen LogP contribution in [-0.2, 0) is 6.42 Å². The second-order valence-electron chi connectivity index (χ2n) is 4.97. The summed E-state index contributed by atoms with van der Waals surface area (Å²) >= 11 is 0. The maximum Gasteiger partial charge on any atom is 0.358 e. The van der Waals surface area contributed by atoms with Crippen molar-refractivity contribution in [3.8, 4) is 11.4 Å². The summed E-state index contributed by atoms with van der Waals surface area (Å²) in [6, 6.07) is 16.9. The predicted octanol–water partition coefficient (Wildman–Crippen LogP) is 2.56. The molecule has 0 aliphatic rings. The van der Waals surface area contributed by atoms with E-state index >= 15 is 0 Å². The minimum absolute atomic E-state index is 0.0447. The van der Waals surface area contributed by atoms with Gasteiger partial charge in [-0.25, -0.2) is 9.48 Å². The number of aromatic nitrogens is 3. The lowest BCUT2D eigenvalue weighted by Crippen LogP contribution is -2.08. The van der Waals surface area contributed by atoms with E-state index in [4.69, 9.17) is 4.74 Å². The molecule has 0 spiro atoms. The average molecular weight is 309 g/mol. The largest absolute Gasteiger partial charge is 0.497 e. The molecular formula is C17H15N3O3. The minimum Gasteiger partial charge on any atom is -0.497 e. The summed E-state index contributed by atoms with van der Waals surface area (Å²) in [5.74, 6) is -0.425. The third-order valence-corrected chi connectivity index (χ3v) is 3.48. The fourth-order valence-electron chi connectivity index (χ4n) is 2.37. The Balaban J connectivity index is 2.08. The Morgan fingerprint density at radius 1 is 1.17 bits per heavy atom. The van der Waals surface area contributed by atoms with Crippen LogP contribution in [0.3, 0.4) is 0 Å². The zero-order valence-corrected chi connectivity index (χ0v) is 12.5. The van der Waals surface area contributed by atoms with Gasteiger partial charge in [0.05, 0.1) is 18.5 Å². The van der Waals surface area contributed by atoms with Gasteiger partial charge in [0.1, 0.15) is 5.75 Å². The molecule has 1 aromatic heterocycles. The smallest absolute Gasteiger partial charge is 0.358 e. The Morgan fingerprint density at radius 2 is 1.96 bits per heavy atom. The van der Waals surface area contributed by atoms with Gasteiger partial charge >= 0.3 is 5.97 Å². The molecule has 0 radical (unpaired) electrons. The Labute approximate surface area is 133 Å². The maximum absolute atomic E-state index is 11.4. The number of nitrogens with zero attached hydrogens (tertiary/aromatic N) is 3. The van der Waals surface area contributed by atoms with Gasteiger partial charge in [-0.15, -0.1) is 5.10 Å². The molecule has 0 fully saturated rings. The maximum atomic E-state index is 11.4. The van der Waals surface area contributed by atoms with Crippen molar-refractivity contribution in [1.29, 1.82) is 0 Å². The van der Waals surface area contributed by atoms with E-state index in [0.29, 0.717) is 23.6 Å². The molecular weight excluding hydrogens is 294 g/mol. The van der Waals surface area contributed by atoms with E-state index in [1.807, 2.05) is 48.5 Å². The molecule has 6 nitrogen and oxygen atoms in total. The molecule has 0 bridgehead atoms. The molecule has 116 valence electrons. The van der Waals surface area contributed by atoms with Gasteiger partial charge in [-0.05, 0) is 17.7 Å². The fraction of sp³-hybridized carbons (Fsp3) is 0.118. The Morgan fingerprint density at radius 3 is 2.65 bits per heavy atom. The third-order valence-electron chi connectivity index (χ3n) is 3.48. The van der Waals surface area contributed by atoms with Gasteiger partial charge in [0.15, 0.2) is 5.69 Å². The van der Waals surface area contributed by atoms with Crippen molar-refractivity contribution in [3.05, 3.63) is 71.5 Å². The first-order valence-corrected chi connectivity index (χ1v) is 7.05. The van der Waals surface area contributed by atoms with Crippen LogP contribution >= 0.6 is 0 Å². The van der Waals surface area contributed by atoms with Gasteiger partial charge in [-0.1, -0.05) is 41.6 Å². The number of carboxylic acids is 1. The number of hydrogen-bond donors (Lipinski definition) is 1. The van der Waals surface area contributed by atoms with Gasteiger partial charge in [0, 0.05) is 12.5 Å². The van der Waals surface area contributed by atoms with E-state index in [1.165, 1.54) is 0 Å². The second-order valence-corrected chi connectivity index (χ2v) is 4.97. The molecule has 23 heavy (non-hydrogen) atoms. The molecule has 0 aliphatic heterocycles. The Kier molecular flexibility index (Phi) is 4.05. The summed E-state index contributed by atoms with van der Waals surface area (Å²) in [4.78, 5) is 11.4. The van der Waals surface area contributed by atoms with Crippen LogP contribution in [-0.4, -0.2) is 33.2 Å². The van der Waals surface area contributed by atoms with Crippen LogP contribution in [0.15, 0.2) is 54.6 Å². The van der Waals surface area contributed by atoms with Crippen molar-refractivity contribution >= 4 is 5.97 Å². The van der Waals surface area contributed by atoms with Crippen molar-refractivity contribution in [2.45, 2.75) is 6.42 Å². The van der Waals surface area contributed by atoms with Crippen LogP contribution in [0, 0.1) is 0 Å². The standard InChI is InChI=1S/C17H15N3O3/c1-23-14-9-5-8-13(11-14)20-15(16(17(21)22)18-19-20)10-12-6-3-2-4-7-12/h2-9,11H,10H2,1H3,(H,21,22). The average Bonchev–Trinajstić information content (AvgIpc) is 2.99. The van der Waals surface area contributed by atoms with E-state index in [0.717, 1.165) is 5.56 Å². The first-order valence-electron chi connectivity index (χ1n) is 7.05. The first kappa shape index (κ1) is 14.8. The Hall–Kier alpha value is -3.15. The minimum atomic E-state index is -1.09. The summed E-state index contributed by atoms with van der Waals surface area (Å²) in [6.07, 6.45) is 0.423. The summed E-state index contributed by atoms with van der Waals surface area (Å²) in [5, 5.41) is 17.2. The lowest BCUT2D eigenvalue weighted by atomic mass is 10.1. The highest BCUT2D eigenvalue weighted by Gasteiger charge is 2.20. The summed E-state index contributed by atoms with van der Waals surface area (Å²) < 4.78 is 6.75. The van der Waals surface area contributed by atoms with Gasteiger partial charge in [0.2, 0.25) is 0 Å². The van der Waals surface area contributed by atoms with Crippen molar-refractivity contribution in [3.63, 3.8) is 0 Å². The van der Waals surface area contributed by atoms with Crippen LogP contribution in [0.1, 0.15) is 21.7 Å². The van der Waals surface area contributed by atoms with E-state index in [-0.39, 0.29) is 5.69 Å². The van der Waals surface area contributed by atoms with Crippen molar-refractivity contribution in [1.82, 2.24) is 15.0 Å². The normalized spacial score (nSPS) is 10.5. The fourth-order valence-corrected chi connectivity index (χ4v) is 2.37. The van der Waals surface area contributed by atoms with Gasteiger partial charge in [0.25, 0.3) is 0 Å². The van der Waals surface area contributed by atoms with E-state index < -0.39 is 5.97 Å². The third kappa shape index (κ3) is 3.06. The number of ether oxygens (including phenoxy) is 1. The number of methoxy groups -OCH3 is 1. The number of aromatic carboxylic acids is 1. The second kappa shape index (κ2) is 6.31. The number of carbonyl (C=O) groups is 1. The molecule has 0 saturated carbocycles. The van der Waals surface area contributed by atoms with E-state index in [1.54, 1.807) is 17.9 Å². The summed E-state index contributed by atoms with van der Waals surface area (Å²) in [7, 11) is 1.58. The SMILES string of the molecule is COc1cccc(-n2nnc(C(=O)O)c2Cc2ccccc2)c1. The van der Waals surface area contributed by atoms with Crippen LogP contribution in [0.25, 0.3) is 5.69 Å². The van der Waals surface area contributed by atoms with Crippen molar-refractivity contribution in [2.24, 2.45) is 0 Å². The van der Waals surface area contributed by atoms with Crippen LogP contribution in [0.5, 0.6) is 5.75 Å². The van der Waals surface area contributed by atoms with Crippen LogP contribution < -0.4 is 4.74 Å². The van der Waals surface area contributed by atoms with E-state index in [9.17, 15) is 9.90 Å². The van der Waals surface area contributed by atoms with Gasteiger partial charge in [-0.3, -0.25) is 0 Å². The molecule has 1 heterocycles. The highest BCUT2D eigenvalue weighted by atomic mass is 16.5. The number of rotatable bonds is 5. The molecule has 3 rings (SSSR count). The van der Waals surface area contributed by atoms with Crippen molar-refractivity contribution < 1.29 is 14.6 Å². The first-order chi connectivity index (χ1) is 11.2. The topological polar surface area (TPSA) is 77.2 Å². The molecule has 0 aliphatic carbocycles. The number of benzene rings is 2. The van der Waals surface area contributed by atoms with Crippen LogP contribution in [0.4, 0.5) is 0 Å². The molecule has 2 aromatic carbocycles. The molecule has 3 aromatic rings.